The zero-order valence-corrected chi connectivity index (χ0v) is 13.4. The molecule has 124 valence electrons. The summed E-state index contributed by atoms with van der Waals surface area (Å²) in [7, 11) is 0. The predicted molar refractivity (Wildman–Crippen MR) is 95.0 cm³/mol. The summed E-state index contributed by atoms with van der Waals surface area (Å²) in [6, 6.07) is 20.4. The second-order valence-electron chi connectivity index (χ2n) is 5.28. The summed E-state index contributed by atoms with van der Waals surface area (Å²) in [6.45, 7) is -0.364. The van der Waals surface area contributed by atoms with Crippen molar-refractivity contribution in [3.8, 4) is 11.1 Å². The Balaban J connectivity index is 1.65. The van der Waals surface area contributed by atoms with Crippen molar-refractivity contribution >= 4 is 17.6 Å². The largest absolute Gasteiger partial charge is 0.452 e. The van der Waals surface area contributed by atoms with Crippen LogP contribution in [0.3, 0.4) is 0 Å². The van der Waals surface area contributed by atoms with E-state index in [0.29, 0.717) is 11.3 Å². The van der Waals surface area contributed by atoms with Crippen molar-refractivity contribution in [2.75, 3.05) is 11.9 Å². The molecule has 5 heteroatoms. The molecule has 0 spiro atoms. The Bertz CT molecular complexity index is 864. The first kappa shape index (κ1) is 16.4. The normalized spacial score (nSPS) is 10.1. The van der Waals surface area contributed by atoms with Gasteiger partial charge in [-0.15, -0.1) is 0 Å². The molecule has 0 fully saturated rings. The number of carbonyl (C=O) groups is 2. The van der Waals surface area contributed by atoms with Crippen LogP contribution < -0.4 is 5.32 Å². The molecule has 3 rings (SSSR count). The lowest BCUT2D eigenvalue weighted by Crippen LogP contribution is -2.21. The summed E-state index contributed by atoms with van der Waals surface area (Å²) in [6.07, 6.45) is 2.95. The number of anilines is 1. The number of benzene rings is 2. The second-order valence-corrected chi connectivity index (χ2v) is 5.28. The molecule has 0 aliphatic rings. The van der Waals surface area contributed by atoms with E-state index in [0.717, 1.165) is 11.1 Å². The maximum atomic E-state index is 12.1. The molecule has 0 unspecified atom stereocenters. The number of ether oxygens (including phenoxy) is 1. The lowest BCUT2D eigenvalue weighted by atomic mass is 10.0. The van der Waals surface area contributed by atoms with Gasteiger partial charge >= 0.3 is 5.97 Å². The molecule has 2 aromatic carbocycles. The Kier molecular flexibility index (Phi) is 5.16. The van der Waals surface area contributed by atoms with E-state index < -0.39 is 11.9 Å². The average Bonchev–Trinajstić information content (AvgIpc) is 2.68. The van der Waals surface area contributed by atoms with Crippen LogP contribution in [0.4, 0.5) is 5.69 Å². The van der Waals surface area contributed by atoms with Crippen LogP contribution in [-0.4, -0.2) is 23.5 Å². The van der Waals surface area contributed by atoms with E-state index >= 15 is 0 Å². The minimum absolute atomic E-state index is 0.306. The van der Waals surface area contributed by atoms with Crippen LogP contribution in [0.15, 0.2) is 79.1 Å². The van der Waals surface area contributed by atoms with Crippen LogP contribution in [0, 0.1) is 0 Å². The van der Waals surface area contributed by atoms with Crippen LogP contribution in [-0.2, 0) is 9.53 Å². The quantitative estimate of drug-likeness (QED) is 0.726. The third kappa shape index (κ3) is 4.29. The van der Waals surface area contributed by atoms with Gasteiger partial charge in [-0.25, -0.2) is 4.79 Å². The van der Waals surface area contributed by atoms with Gasteiger partial charge < -0.3 is 10.1 Å². The van der Waals surface area contributed by atoms with Gasteiger partial charge in [0.05, 0.1) is 5.56 Å². The second kappa shape index (κ2) is 7.88. The van der Waals surface area contributed by atoms with Gasteiger partial charge in [0.25, 0.3) is 5.91 Å². The van der Waals surface area contributed by atoms with E-state index in [4.69, 9.17) is 4.74 Å². The number of amides is 1. The maximum Gasteiger partial charge on any atom is 0.340 e. The molecule has 0 aliphatic heterocycles. The highest BCUT2D eigenvalue weighted by Gasteiger charge is 2.12. The summed E-state index contributed by atoms with van der Waals surface area (Å²) in [5.41, 5.74) is 2.86. The zero-order valence-electron chi connectivity index (χ0n) is 13.4. The Morgan fingerprint density at radius 3 is 2.44 bits per heavy atom. The molecule has 1 N–H and O–H groups in total. The first-order valence-corrected chi connectivity index (χ1v) is 7.75. The number of rotatable bonds is 5. The summed E-state index contributed by atoms with van der Waals surface area (Å²) < 4.78 is 5.02. The number of hydrogen-bond donors (Lipinski definition) is 1. The van der Waals surface area contributed by atoms with Crippen molar-refractivity contribution in [2.45, 2.75) is 0 Å². The molecule has 0 saturated heterocycles. The van der Waals surface area contributed by atoms with E-state index in [-0.39, 0.29) is 6.61 Å². The van der Waals surface area contributed by atoms with Crippen LogP contribution in [0.25, 0.3) is 11.1 Å². The van der Waals surface area contributed by atoms with Crippen molar-refractivity contribution < 1.29 is 14.3 Å². The van der Waals surface area contributed by atoms with Crippen molar-refractivity contribution in [1.29, 1.82) is 0 Å². The van der Waals surface area contributed by atoms with Gasteiger partial charge in [-0.1, -0.05) is 48.5 Å². The summed E-state index contributed by atoms with van der Waals surface area (Å²) >= 11 is 0. The van der Waals surface area contributed by atoms with Crippen LogP contribution in [0.1, 0.15) is 10.4 Å². The number of nitrogens with zero attached hydrogens (tertiary/aromatic N) is 1. The molecular formula is C20H16N2O3. The number of hydrogen-bond acceptors (Lipinski definition) is 4. The minimum atomic E-state index is -0.584. The van der Waals surface area contributed by atoms with Gasteiger partial charge in [-0.2, -0.15) is 0 Å². The standard InChI is InChI=1S/C20H16N2O3/c23-19(14-25-20(24)16-9-6-12-21-13-16)22-18-11-5-4-10-17(18)15-7-2-1-3-8-15/h1-13H,14H2,(H,22,23). The molecule has 0 atom stereocenters. The Morgan fingerprint density at radius 1 is 0.920 bits per heavy atom. The van der Waals surface area contributed by atoms with Crippen LogP contribution in [0.5, 0.6) is 0 Å². The first-order valence-electron chi connectivity index (χ1n) is 7.75. The van der Waals surface area contributed by atoms with Crippen LogP contribution >= 0.6 is 0 Å². The molecule has 1 heterocycles. The summed E-state index contributed by atoms with van der Waals surface area (Å²) in [4.78, 5) is 27.8. The SMILES string of the molecule is O=C(COC(=O)c1cccnc1)Nc1ccccc1-c1ccccc1. The van der Waals surface area contributed by atoms with Crippen molar-refractivity contribution in [2.24, 2.45) is 0 Å². The number of para-hydroxylation sites is 1. The Labute approximate surface area is 145 Å². The molecular weight excluding hydrogens is 316 g/mol. The maximum absolute atomic E-state index is 12.1. The highest BCUT2D eigenvalue weighted by molar-refractivity contribution is 5.98. The van der Waals surface area contributed by atoms with Crippen LogP contribution in [0.2, 0.25) is 0 Å². The first-order chi connectivity index (χ1) is 12.2. The molecule has 0 aliphatic carbocycles. The van der Waals surface area contributed by atoms with Gasteiger partial charge in [0.1, 0.15) is 0 Å². The summed E-state index contributed by atoms with van der Waals surface area (Å²) in [5.74, 6) is -0.986. The molecule has 0 radical (unpaired) electrons. The molecule has 0 bridgehead atoms. The van der Waals surface area contributed by atoms with Crippen molar-refractivity contribution in [3.63, 3.8) is 0 Å². The smallest absolute Gasteiger partial charge is 0.340 e. The molecule has 25 heavy (non-hydrogen) atoms. The number of nitrogens with one attached hydrogen (secondary N) is 1. The zero-order chi connectivity index (χ0) is 17.5. The molecule has 0 saturated carbocycles. The Hall–Kier alpha value is -3.47. The van der Waals surface area contributed by atoms with Crippen molar-refractivity contribution in [1.82, 2.24) is 4.98 Å². The van der Waals surface area contributed by atoms with Gasteiger partial charge in [-0.3, -0.25) is 9.78 Å². The van der Waals surface area contributed by atoms with Gasteiger partial charge in [-0.05, 0) is 23.8 Å². The van der Waals surface area contributed by atoms with E-state index in [1.54, 1.807) is 18.3 Å². The third-order valence-corrected chi connectivity index (χ3v) is 3.52. The lowest BCUT2D eigenvalue weighted by Gasteiger charge is -2.11. The number of carbonyl (C=O) groups excluding carboxylic acids is 2. The highest BCUT2D eigenvalue weighted by Crippen LogP contribution is 2.27. The number of aromatic nitrogens is 1. The molecule has 1 amide bonds. The highest BCUT2D eigenvalue weighted by atomic mass is 16.5. The van der Waals surface area contributed by atoms with Gasteiger partial charge in [0, 0.05) is 23.6 Å². The van der Waals surface area contributed by atoms with E-state index in [1.165, 1.54) is 6.20 Å². The fourth-order valence-electron chi connectivity index (χ4n) is 2.35. The minimum Gasteiger partial charge on any atom is -0.452 e. The third-order valence-electron chi connectivity index (χ3n) is 3.52. The number of pyridine rings is 1. The van der Waals surface area contributed by atoms with Gasteiger partial charge in [0.2, 0.25) is 0 Å². The van der Waals surface area contributed by atoms with Crippen molar-refractivity contribution in [3.05, 3.63) is 84.7 Å². The summed E-state index contributed by atoms with van der Waals surface area (Å²) in [5, 5.41) is 2.78. The monoisotopic (exact) mass is 332 g/mol. The predicted octanol–water partition coefficient (Wildman–Crippen LogP) is 3.54. The Morgan fingerprint density at radius 2 is 1.68 bits per heavy atom. The average molecular weight is 332 g/mol. The van der Waals surface area contributed by atoms with E-state index in [9.17, 15) is 9.59 Å². The molecule has 5 nitrogen and oxygen atoms in total. The van der Waals surface area contributed by atoms with E-state index in [2.05, 4.69) is 10.3 Å². The fourth-order valence-corrected chi connectivity index (χ4v) is 2.35. The lowest BCUT2D eigenvalue weighted by molar-refractivity contribution is -0.119. The number of esters is 1. The molecule has 1 aromatic heterocycles. The topological polar surface area (TPSA) is 68.3 Å². The van der Waals surface area contributed by atoms with Gasteiger partial charge in [0.15, 0.2) is 6.61 Å². The fraction of sp³-hybridized carbons (Fsp3) is 0.0500. The van der Waals surface area contributed by atoms with E-state index in [1.807, 2.05) is 54.6 Å². The molecule has 3 aromatic rings.